The number of carbonyl (C=O) groups is 2. The summed E-state index contributed by atoms with van der Waals surface area (Å²) in [6, 6.07) is 15.6. The molecule has 0 spiro atoms. The summed E-state index contributed by atoms with van der Waals surface area (Å²) >= 11 is 0. The van der Waals surface area contributed by atoms with Crippen molar-refractivity contribution in [2.75, 3.05) is 19.6 Å². The molecule has 2 aromatic rings. The van der Waals surface area contributed by atoms with Crippen LogP contribution in [-0.2, 0) is 4.79 Å². The molecule has 1 heterocycles. The van der Waals surface area contributed by atoms with Crippen molar-refractivity contribution in [2.24, 2.45) is 5.10 Å². The molecule has 1 unspecified atom stereocenters. The first-order valence-electron chi connectivity index (χ1n) is 11.3. The number of hydrogen-bond donors (Lipinski definition) is 3. The average molecular weight is 437 g/mol. The van der Waals surface area contributed by atoms with Gasteiger partial charge in [-0.2, -0.15) is 5.10 Å². The standard InChI is InChI=1S/C25H32N4O3/c30-22-14-12-20(13-15-22)19-27-28-25(32)23(29-17-7-2-8-18-29)11-5-6-16-26-24(31)21-9-3-1-4-10-21/h1,3-4,9-10,12-15,19,23,30H,2,5-8,11,16-18H2,(H,26,31)(H,28,32). The van der Waals surface area contributed by atoms with Crippen LogP contribution < -0.4 is 10.7 Å². The minimum Gasteiger partial charge on any atom is -0.508 e. The van der Waals surface area contributed by atoms with Crippen molar-refractivity contribution < 1.29 is 14.7 Å². The molecular weight excluding hydrogens is 404 g/mol. The Kier molecular flexibility index (Phi) is 9.25. The Morgan fingerprint density at radius 3 is 2.44 bits per heavy atom. The molecule has 3 rings (SSSR count). The first-order chi connectivity index (χ1) is 15.6. The average Bonchev–Trinajstić information content (AvgIpc) is 2.83. The van der Waals surface area contributed by atoms with Crippen molar-refractivity contribution in [2.45, 2.75) is 44.6 Å². The molecule has 1 fully saturated rings. The lowest BCUT2D eigenvalue weighted by molar-refractivity contribution is -0.127. The van der Waals surface area contributed by atoms with Gasteiger partial charge < -0.3 is 10.4 Å². The first kappa shape index (κ1) is 23.5. The number of rotatable bonds is 10. The van der Waals surface area contributed by atoms with Crippen LogP contribution in [-0.4, -0.2) is 53.7 Å². The SMILES string of the molecule is O=C(NCCCCC(C(=O)NN=Cc1ccc(O)cc1)N1CCCCC1)c1ccccc1. The van der Waals surface area contributed by atoms with Gasteiger partial charge in [-0.1, -0.05) is 24.6 Å². The topological polar surface area (TPSA) is 94.0 Å². The second kappa shape index (κ2) is 12.6. The number of benzene rings is 2. The van der Waals surface area contributed by atoms with Crippen LogP contribution in [0.2, 0.25) is 0 Å². The van der Waals surface area contributed by atoms with E-state index >= 15 is 0 Å². The Balaban J connectivity index is 1.47. The van der Waals surface area contributed by atoms with Gasteiger partial charge in [-0.25, -0.2) is 5.43 Å². The number of aromatic hydroxyl groups is 1. The van der Waals surface area contributed by atoms with E-state index in [1.807, 2.05) is 18.2 Å². The predicted molar refractivity (Wildman–Crippen MR) is 126 cm³/mol. The van der Waals surface area contributed by atoms with E-state index in [0.29, 0.717) is 12.1 Å². The van der Waals surface area contributed by atoms with Crippen molar-refractivity contribution in [3.63, 3.8) is 0 Å². The number of hydrogen-bond acceptors (Lipinski definition) is 5. The summed E-state index contributed by atoms with van der Waals surface area (Å²) in [5, 5.41) is 16.4. The normalized spacial score (nSPS) is 15.4. The summed E-state index contributed by atoms with van der Waals surface area (Å²) in [5.74, 6) is 0.0195. The van der Waals surface area contributed by atoms with E-state index in [1.54, 1.807) is 42.6 Å². The van der Waals surface area contributed by atoms with Gasteiger partial charge in [0.2, 0.25) is 0 Å². The summed E-state index contributed by atoms with van der Waals surface area (Å²) in [6.45, 7) is 2.43. The Labute approximate surface area is 189 Å². The molecule has 2 amide bonds. The van der Waals surface area contributed by atoms with E-state index in [-0.39, 0.29) is 23.6 Å². The van der Waals surface area contributed by atoms with Gasteiger partial charge >= 0.3 is 0 Å². The second-order valence-electron chi connectivity index (χ2n) is 8.06. The molecule has 7 heteroatoms. The van der Waals surface area contributed by atoms with Gasteiger partial charge in [0.1, 0.15) is 5.75 Å². The van der Waals surface area contributed by atoms with E-state index < -0.39 is 0 Å². The maximum absolute atomic E-state index is 12.9. The molecule has 170 valence electrons. The molecule has 1 aliphatic rings. The van der Waals surface area contributed by atoms with E-state index in [9.17, 15) is 14.7 Å². The highest BCUT2D eigenvalue weighted by Gasteiger charge is 2.26. The van der Waals surface area contributed by atoms with Crippen LogP contribution in [0.25, 0.3) is 0 Å². The van der Waals surface area contributed by atoms with Crippen LogP contribution in [0.5, 0.6) is 5.75 Å². The molecule has 0 bridgehead atoms. The number of phenols is 1. The maximum atomic E-state index is 12.9. The zero-order chi connectivity index (χ0) is 22.6. The first-order valence-corrected chi connectivity index (χ1v) is 11.3. The van der Waals surface area contributed by atoms with Gasteiger partial charge in [0.25, 0.3) is 11.8 Å². The van der Waals surface area contributed by atoms with Gasteiger partial charge in [-0.3, -0.25) is 14.5 Å². The molecule has 0 radical (unpaired) electrons. The summed E-state index contributed by atoms with van der Waals surface area (Å²) in [4.78, 5) is 27.3. The van der Waals surface area contributed by atoms with Crippen molar-refractivity contribution in [3.05, 3.63) is 65.7 Å². The maximum Gasteiger partial charge on any atom is 0.257 e. The fourth-order valence-corrected chi connectivity index (χ4v) is 3.87. The van der Waals surface area contributed by atoms with Crippen LogP contribution in [0.1, 0.15) is 54.4 Å². The molecule has 3 N–H and O–H groups in total. The number of hydrazone groups is 1. The van der Waals surface area contributed by atoms with Crippen LogP contribution in [0.4, 0.5) is 0 Å². The molecular formula is C25H32N4O3. The van der Waals surface area contributed by atoms with E-state index in [2.05, 4.69) is 20.7 Å². The monoisotopic (exact) mass is 436 g/mol. The lowest BCUT2D eigenvalue weighted by atomic mass is 10.0. The molecule has 7 nitrogen and oxygen atoms in total. The van der Waals surface area contributed by atoms with Crippen LogP contribution in [0.15, 0.2) is 59.7 Å². The van der Waals surface area contributed by atoms with E-state index in [4.69, 9.17) is 0 Å². The van der Waals surface area contributed by atoms with Gasteiger partial charge in [-0.05, 0) is 87.2 Å². The third kappa shape index (κ3) is 7.50. The van der Waals surface area contributed by atoms with E-state index in [0.717, 1.165) is 50.8 Å². The highest BCUT2D eigenvalue weighted by atomic mass is 16.3. The predicted octanol–water partition coefficient (Wildman–Crippen LogP) is 3.30. The third-order valence-corrected chi connectivity index (χ3v) is 5.64. The fourth-order valence-electron chi connectivity index (χ4n) is 3.87. The Bertz CT molecular complexity index is 878. The van der Waals surface area contributed by atoms with Gasteiger partial charge in [-0.15, -0.1) is 0 Å². The van der Waals surface area contributed by atoms with Crippen molar-refractivity contribution in [3.8, 4) is 5.75 Å². The molecule has 1 saturated heterocycles. The third-order valence-electron chi connectivity index (χ3n) is 5.64. The number of likely N-dealkylation sites (tertiary alicyclic amines) is 1. The van der Waals surface area contributed by atoms with Crippen molar-refractivity contribution in [1.29, 1.82) is 0 Å². The quantitative estimate of drug-likeness (QED) is 0.303. The summed E-state index contributed by atoms with van der Waals surface area (Å²) < 4.78 is 0. The Morgan fingerprint density at radius 2 is 1.72 bits per heavy atom. The minimum absolute atomic E-state index is 0.0699. The van der Waals surface area contributed by atoms with Crippen LogP contribution in [0.3, 0.4) is 0 Å². The Hall–Kier alpha value is -3.19. The van der Waals surface area contributed by atoms with Crippen molar-refractivity contribution >= 4 is 18.0 Å². The van der Waals surface area contributed by atoms with Gasteiger partial charge in [0.05, 0.1) is 12.3 Å². The molecule has 0 saturated carbocycles. The zero-order valence-corrected chi connectivity index (χ0v) is 18.4. The number of amides is 2. The molecule has 0 aromatic heterocycles. The zero-order valence-electron chi connectivity index (χ0n) is 18.4. The smallest absolute Gasteiger partial charge is 0.257 e. The fraction of sp³-hybridized carbons (Fsp3) is 0.400. The van der Waals surface area contributed by atoms with Crippen LogP contribution >= 0.6 is 0 Å². The van der Waals surface area contributed by atoms with Gasteiger partial charge in [0, 0.05) is 12.1 Å². The molecule has 32 heavy (non-hydrogen) atoms. The number of piperidine rings is 1. The van der Waals surface area contributed by atoms with Crippen LogP contribution in [0, 0.1) is 0 Å². The second-order valence-corrected chi connectivity index (χ2v) is 8.06. The highest BCUT2D eigenvalue weighted by Crippen LogP contribution is 2.16. The summed E-state index contributed by atoms with van der Waals surface area (Å²) in [6.07, 6.45) is 7.36. The molecule has 0 aliphatic carbocycles. The molecule has 2 aromatic carbocycles. The highest BCUT2D eigenvalue weighted by molar-refractivity contribution is 5.94. The number of nitrogens with zero attached hydrogens (tertiary/aromatic N) is 2. The minimum atomic E-state index is -0.225. The summed E-state index contributed by atoms with van der Waals surface area (Å²) in [5.41, 5.74) is 4.14. The number of nitrogens with one attached hydrogen (secondary N) is 2. The number of carbonyl (C=O) groups excluding carboxylic acids is 2. The lowest BCUT2D eigenvalue weighted by Crippen LogP contribution is -2.47. The largest absolute Gasteiger partial charge is 0.508 e. The van der Waals surface area contributed by atoms with Crippen molar-refractivity contribution in [1.82, 2.24) is 15.6 Å². The Morgan fingerprint density at radius 1 is 1.00 bits per heavy atom. The van der Waals surface area contributed by atoms with E-state index in [1.165, 1.54) is 6.42 Å². The number of unbranched alkanes of at least 4 members (excludes halogenated alkanes) is 1. The molecule has 1 aliphatic heterocycles. The number of phenolic OH excluding ortho intramolecular Hbond substituents is 1. The lowest BCUT2D eigenvalue weighted by Gasteiger charge is -2.33. The summed E-state index contributed by atoms with van der Waals surface area (Å²) in [7, 11) is 0. The molecule has 1 atom stereocenters. The van der Waals surface area contributed by atoms with Gasteiger partial charge in [0.15, 0.2) is 0 Å².